The summed E-state index contributed by atoms with van der Waals surface area (Å²) in [4.78, 5) is 27.0. The summed E-state index contributed by atoms with van der Waals surface area (Å²) in [5.41, 5.74) is 1.92. The Kier molecular flexibility index (Phi) is 6.00. The maximum Gasteiger partial charge on any atom is 0.387 e. The lowest BCUT2D eigenvalue weighted by molar-refractivity contribution is -0.126. The van der Waals surface area contributed by atoms with E-state index in [1.807, 2.05) is 31.2 Å². The number of fused-ring (bicyclic) bond motifs is 1. The second kappa shape index (κ2) is 8.46. The number of para-hydroxylation sites is 1. The third-order valence-corrected chi connectivity index (χ3v) is 4.69. The number of alkyl halides is 2. The summed E-state index contributed by atoms with van der Waals surface area (Å²) < 4.78 is 39.5. The van der Waals surface area contributed by atoms with Crippen LogP contribution in [0.25, 0.3) is 0 Å². The highest BCUT2D eigenvalue weighted by Gasteiger charge is 2.34. The molecule has 1 amide bonds. The average molecular weight is 405 g/mol. The predicted molar refractivity (Wildman–Crippen MR) is 102 cm³/mol. The van der Waals surface area contributed by atoms with E-state index in [1.54, 1.807) is 4.90 Å². The molecule has 8 heteroatoms. The van der Waals surface area contributed by atoms with E-state index in [4.69, 9.17) is 9.47 Å². The van der Waals surface area contributed by atoms with E-state index in [0.29, 0.717) is 0 Å². The van der Waals surface area contributed by atoms with Gasteiger partial charge in [-0.15, -0.1) is 0 Å². The largest absolute Gasteiger partial charge is 0.493 e. The Labute approximate surface area is 167 Å². The molecule has 0 N–H and O–H groups in total. The number of carbonyl (C=O) groups excluding carboxylic acids is 2. The smallest absolute Gasteiger partial charge is 0.387 e. The van der Waals surface area contributed by atoms with Gasteiger partial charge in [-0.1, -0.05) is 18.2 Å². The highest BCUT2D eigenvalue weighted by atomic mass is 19.3. The lowest BCUT2D eigenvalue weighted by Gasteiger charge is -2.26. The number of hydrogen-bond acceptors (Lipinski definition) is 5. The van der Waals surface area contributed by atoms with Gasteiger partial charge in [0.1, 0.15) is 0 Å². The summed E-state index contributed by atoms with van der Waals surface area (Å²) in [6, 6.07) is 11.2. The molecule has 29 heavy (non-hydrogen) atoms. The fraction of sp³-hybridized carbons (Fsp3) is 0.333. The molecule has 0 saturated heterocycles. The van der Waals surface area contributed by atoms with Crippen LogP contribution in [0.1, 0.15) is 29.8 Å². The molecule has 0 radical (unpaired) electrons. The molecule has 0 aromatic heterocycles. The number of anilines is 1. The molecule has 0 aliphatic carbocycles. The number of methoxy groups -OCH3 is 1. The Hall–Kier alpha value is -3.16. The van der Waals surface area contributed by atoms with E-state index in [9.17, 15) is 18.4 Å². The van der Waals surface area contributed by atoms with E-state index >= 15 is 0 Å². The summed E-state index contributed by atoms with van der Waals surface area (Å²) in [5.74, 6) is -1.35. The monoisotopic (exact) mass is 405 g/mol. The number of nitrogens with zero attached hydrogens (tertiary/aromatic N) is 1. The van der Waals surface area contributed by atoms with Gasteiger partial charge < -0.3 is 19.1 Å². The molecule has 154 valence electrons. The molecule has 0 unspecified atom stereocenters. The van der Waals surface area contributed by atoms with E-state index in [0.717, 1.165) is 17.7 Å². The lowest BCUT2D eigenvalue weighted by atomic mass is 10.1. The van der Waals surface area contributed by atoms with Gasteiger partial charge in [-0.2, -0.15) is 8.78 Å². The van der Waals surface area contributed by atoms with Crippen LogP contribution in [0.15, 0.2) is 42.5 Å². The van der Waals surface area contributed by atoms with Crippen LogP contribution in [0.2, 0.25) is 0 Å². The van der Waals surface area contributed by atoms with Crippen molar-refractivity contribution in [2.24, 2.45) is 0 Å². The van der Waals surface area contributed by atoms with E-state index in [-0.39, 0.29) is 29.0 Å². The second-order valence-electron chi connectivity index (χ2n) is 6.68. The molecule has 2 aromatic carbocycles. The molecule has 0 spiro atoms. The van der Waals surface area contributed by atoms with E-state index < -0.39 is 18.7 Å². The van der Waals surface area contributed by atoms with Crippen molar-refractivity contribution in [1.29, 1.82) is 0 Å². The van der Waals surface area contributed by atoms with Gasteiger partial charge in [-0.25, -0.2) is 4.79 Å². The van der Waals surface area contributed by atoms with E-state index in [2.05, 4.69) is 4.74 Å². The van der Waals surface area contributed by atoms with Crippen LogP contribution in [-0.4, -0.2) is 37.7 Å². The summed E-state index contributed by atoms with van der Waals surface area (Å²) in [6.07, 6.45) is -0.301. The minimum Gasteiger partial charge on any atom is -0.493 e. The standard InChI is InChI=1S/C21H21F2NO5/c1-12-10-14-6-4-5-7-16(14)24(12)19(25)13(2)28-20(26)15-8-9-17(29-21(22)23)18(11-15)27-3/h4-9,11-13,21H,10H2,1-3H3/t12-,13-/m1/s1. The number of hydrogen-bond donors (Lipinski definition) is 0. The first kappa shape index (κ1) is 20.6. The van der Waals surface area contributed by atoms with Crippen LogP contribution in [0.3, 0.4) is 0 Å². The molecule has 1 aliphatic heterocycles. The van der Waals surface area contributed by atoms with Gasteiger partial charge in [-0.3, -0.25) is 4.79 Å². The molecule has 3 rings (SSSR count). The Morgan fingerprint density at radius 3 is 2.55 bits per heavy atom. The van der Waals surface area contributed by atoms with Crippen LogP contribution < -0.4 is 14.4 Å². The summed E-state index contributed by atoms with van der Waals surface area (Å²) in [6.45, 7) is 0.406. The van der Waals surface area contributed by atoms with Crippen molar-refractivity contribution in [1.82, 2.24) is 0 Å². The maximum absolute atomic E-state index is 12.9. The summed E-state index contributed by atoms with van der Waals surface area (Å²) in [7, 11) is 1.27. The fourth-order valence-corrected chi connectivity index (χ4v) is 3.36. The number of carbonyl (C=O) groups is 2. The van der Waals surface area contributed by atoms with Crippen molar-refractivity contribution in [3.05, 3.63) is 53.6 Å². The highest BCUT2D eigenvalue weighted by Crippen LogP contribution is 2.33. The second-order valence-corrected chi connectivity index (χ2v) is 6.68. The zero-order valence-electron chi connectivity index (χ0n) is 16.2. The lowest BCUT2D eigenvalue weighted by Crippen LogP contribution is -2.43. The summed E-state index contributed by atoms with van der Waals surface area (Å²) >= 11 is 0. The molecule has 1 aliphatic rings. The third kappa shape index (κ3) is 4.31. The predicted octanol–water partition coefficient (Wildman–Crippen LogP) is 3.82. The topological polar surface area (TPSA) is 65.1 Å². The average Bonchev–Trinajstić information content (AvgIpc) is 3.02. The van der Waals surface area contributed by atoms with Crippen molar-refractivity contribution < 1.29 is 32.6 Å². The fourth-order valence-electron chi connectivity index (χ4n) is 3.36. The first-order chi connectivity index (χ1) is 13.8. The Bertz CT molecular complexity index is 918. The molecule has 2 aromatic rings. The van der Waals surface area contributed by atoms with E-state index in [1.165, 1.54) is 32.2 Å². The van der Waals surface area contributed by atoms with Gasteiger partial charge >= 0.3 is 12.6 Å². The minimum absolute atomic E-state index is 0.0409. The minimum atomic E-state index is -3.02. The van der Waals surface area contributed by atoms with Gasteiger partial charge in [0.25, 0.3) is 5.91 Å². The Balaban J connectivity index is 1.73. The molecule has 1 heterocycles. The molecular formula is C21H21F2NO5. The van der Waals surface area contributed by atoms with Gasteiger partial charge in [0, 0.05) is 11.7 Å². The van der Waals surface area contributed by atoms with Crippen LogP contribution in [0.4, 0.5) is 14.5 Å². The van der Waals surface area contributed by atoms with Crippen LogP contribution in [-0.2, 0) is 16.0 Å². The maximum atomic E-state index is 12.9. The summed E-state index contributed by atoms with van der Waals surface area (Å²) in [5, 5.41) is 0. The first-order valence-electron chi connectivity index (χ1n) is 9.06. The van der Waals surface area contributed by atoms with Gasteiger partial charge in [0.2, 0.25) is 0 Å². The van der Waals surface area contributed by atoms with Crippen molar-refractivity contribution in [2.45, 2.75) is 39.0 Å². The number of halogens is 2. The number of rotatable bonds is 6. The molecule has 0 fully saturated rings. The van der Waals surface area contributed by atoms with Crippen molar-refractivity contribution >= 4 is 17.6 Å². The quantitative estimate of drug-likeness (QED) is 0.684. The van der Waals surface area contributed by atoms with Gasteiger partial charge in [0.15, 0.2) is 17.6 Å². The van der Waals surface area contributed by atoms with Crippen LogP contribution >= 0.6 is 0 Å². The van der Waals surface area contributed by atoms with Crippen molar-refractivity contribution in [3.63, 3.8) is 0 Å². The number of amides is 1. The molecule has 2 atom stereocenters. The molecule has 6 nitrogen and oxygen atoms in total. The van der Waals surface area contributed by atoms with Crippen LogP contribution in [0.5, 0.6) is 11.5 Å². The number of esters is 1. The molecule has 0 bridgehead atoms. The van der Waals surface area contributed by atoms with Gasteiger partial charge in [-0.05, 0) is 50.1 Å². The molecular weight excluding hydrogens is 384 g/mol. The Morgan fingerprint density at radius 1 is 1.14 bits per heavy atom. The zero-order chi connectivity index (χ0) is 21.1. The normalized spacial score (nSPS) is 16.3. The highest BCUT2D eigenvalue weighted by molar-refractivity contribution is 6.01. The Morgan fingerprint density at radius 2 is 1.86 bits per heavy atom. The third-order valence-electron chi connectivity index (χ3n) is 4.69. The van der Waals surface area contributed by atoms with Crippen molar-refractivity contribution in [3.8, 4) is 11.5 Å². The zero-order valence-corrected chi connectivity index (χ0v) is 16.2. The number of ether oxygens (including phenoxy) is 3. The first-order valence-corrected chi connectivity index (χ1v) is 9.06. The number of benzene rings is 2. The SMILES string of the molecule is COc1cc(C(=O)O[C@H](C)C(=O)N2c3ccccc3C[C@H]2C)ccc1OC(F)F. The van der Waals surface area contributed by atoms with Crippen molar-refractivity contribution in [2.75, 3.05) is 12.0 Å². The van der Waals surface area contributed by atoms with Crippen LogP contribution in [0, 0.1) is 0 Å². The van der Waals surface area contributed by atoms with Gasteiger partial charge in [0.05, 0.1) is 12.7 Å². The molecule has 0 saturated carbocycles.